The maximum atomic E-state index is 4.24. The number of fused-ring (bicyclic) bond motifs is 1. The number of aliphatic imine (C=N–C) groups is 1. The molecule has 0 saturated carbocycles. The number of nitrogens with one attached hydrogen (secondary N) is 2. The number of hydrogen-bond donors (Lipinski definition) is 2. The van der Waals surface area contributed by atoms with E-state index in [0.717, 1.165) is 38.4 Å². The zero-order valence-corrected chi connectivity index (χ0v) is 15.6. The number of hydrogen-bond acceptors (Lipinski definition) is 2. The molecule has 1 heterocycles. The lowest BCUT2D eigenvalue weighted by Crippen LogP contribution is -2.45. The molecule has 5 heteroatoms. The number of para-hydroxylation sites is 1. The van der Waals surface area contributed by atoms with Crippen LogP contribution in [0.4, 0.5) is 5.69 Å². The fraction of sp³-hybridized carbons (Fsp3) is 0.562. The molecule has 2 N–H and O–H groups in total. The van der Waals surface area contributed by atoms with Crippen LogP contribution in [0.5, 0.6) is 0 Å². The van der Waals surface area contributed by atoms with Crippen molar-refractivity contribution in [1.82, 2.24) is 10.6 Å². The highest BCUT2D eigenvalue weighted by molar-refractivity contribution is 14.0. The second-order valence-corrected chi connectivity index (χ2v) is 5.30. The van der Waals surface area contributed by atoms with Gasteiger partial charge in [0, 0.05) is 38.4 Å². The van der Waals surface area contributed by atoms with Crippen LogP contribution < -0.4 is 15.5 Å². The van der Waals surface area contributed by atoms with Crippen LogP contribution in [0.15, 0.2) is 29.3 Å². The molecule has 21 heavy (non-hydrogen) atoms. The lowest BCUT2D eigenvalue weighted by Gasteiger charge is -2.28. The lowest BCUT2D eigenvalue weighted by molar-refractivity contribution is 0.625. The highest BCUT2D eigenvalue weighted by Gasteiger charge is 2.22. The van der Waals surface area contributed by atoms with Crippen LogP contribution in [-0.2, 0) is 6.42 Å². The van der Waals surface area contributed by atoms with Gasteiger partial charge in [-0.2, -0.15) is 0 Å². The quantitative estimate of drug-likeness (QED) is 0.452. The van der Waals surface area contributed by atoms with Gasteiger partial charge in [-0.1, -0.05) is 25.1 Å². The van der Waals surface area contributed by atoms with E-state index in [-0.39, 0.29) is 24.0 Å². The van der Waals surface area contributed by atoms with E-state index in [1.165, 1.54) is 11.3 Å². The summed E-state index contributed by atoms with van der Waals surface area (Å²) >= 11 is 0. The van der Waals surface area contributed by atoms with Gasteiger partial charge in [-0.15, -0.1) is 24.0 Å². The van der Waals surface area contributed by atoms with Crippen molar-refractivity contribution in [2.75, 3.05) is 31.6 Å². The van der Waals surface area contributed by atoms with Gasteiger partial charge in [0.2, 0.25) is 0 Å². The van der Waals surface area contributed by atoms with Gasteiger partial charge in [0.1, 0.15) is 0 Å². The first-order chi connectivity index (χ1) is 9.76. The molecule has 1 aromatic rings. The standard InChI is InChI=1S/C16H26N4.HI/c1-4-10-18-16(17-3)19-12-13(2)20-11-9-14-7-5-6-8-15(14)20;/h5-8,13H,4,9-12H2,1-3H3,(H2,17,18,19);1H. The molecule has 0 aliphatic carbocycles. The van der Waals surface area contributed by atoms with Gasteiger partial charge >= 0.3 is 0 Å². The summed E-state index contributed by atoms with van der Waals surface area (Å²) in [4.78, 5) is 6.73. The fourth-order valence-corrected chi connectivity index (χ4v) is 2.64. The Labute approximate surface area is 145 Å². The van der Waals surface area contributed by atoms with E-state index in [1.807, 2.05) is 7.05 Å². The second-order valence-electron chi connectivity index (χ2n) is 5.30. The topological polar surface area (TPSA) is 39.7 Å². The van der Waals surface area contributed by atoms with E-state index in [0.29, 0.717) is 6.04 Å². The van der Waals surface area contributed by atoms with Gasteiger partial charge in [0.25, 0.3) is 0 Å². The van der Waals surface area contributed by atoms with Crippen LogP contribution in [0, 0.1) is 0 Å². The van der Waals surface area contributed by atoms with E-state index in [1.54, 1.807) is 0 Å². The van der Waals surface area contributed by atoms with Crippen molar-refractivity contribution in [2.24, 2.45) is 4.99 Å². The summed E-state index contributed by atoms with van der Waals surface area (Å²) < 4.78 is 0. The van der Waals surface area contributed by atoms with Crippen molar-refractivity contribution in [3.63, 3.8) is 0 Å². The van der Waals surface area contributed by atoms with Crippen LogP contribution in [0.2, 0.25) is 0 Å². The van der Waals surface area contributed by atoms with Crippen LogP contribution in [0.3, 0.4) is 0 Å². The number of benzene rings is 1. The van der Waals surface area contributed by atoms with Gasteiger partial charge in [-0.05, 0) is 31.4 Å². The summed E-state index contributed by atoms with van der Waals surface area (Å²) in [6, 6.07) is 9.17. The molecule has 0 saturated heterocycles. The number of halogens is 1. The van der Waals surface area contributed by atoms with Crippen molar-refractivity contribution >= 4 is 35.6 Å². The Morgan fingerprint density at radius 1 is 1.33 bits per heavy atom. The second kappa shape index (κ2) is 9.12. The third-order valence-corrected chi connectivity index (χ3v) is 3.79. The van der Waals surface area contributed by atoms with E-state index in [2.05, 4.69) is 58.6 Å². The van der Waals surface area contributed by atoms with Gasteiger partial charge < -0.3 is 15.5 Å². The van der Waals surface area contributed by atoms with Crippen LogP contribution in [0.25, 0.3) is 0 Å². The predicted molar refractivity (Wildman–Crippen MR) is 102 cm³/mol. The Morgan fingerprint density at radius 3 is 2.81 bits per heavy atom. The average molecular weight is 402 g/mol. The smallest absolute Gasteiger partial charge is 0.191 e. The molecular formula is C16H27IN4. The zero-order valence-electron chi connectivity index (χ0n) is 13.2. The number of rotatable bonds is 5. The maximum absolute atomic E-state index is 4.24. The molecular weight excluding hydrogens is 375 g/mol. The first kappa shape index (κ1) is 18.1. The SMILES string of the molecule is CCCNC(=NC)NCC(C)N1CCc2ccccc21.I. The first-order valence-corrected chi connectivity index (χ1v) is 7.55. The summed E-state index contributed by atoms with van der Waals surface area (Å²) in [6.45, 7) is 7.40. The summed E-state index contributed by atoms with van der Waals surface area (Å²) in [7, 11) is 1.82. The molecule has 2 rings (SSSR count). The van der Waals surface area contributed by atoms with Crippen molar-refractivity contribution in [3.8, 4) is 0 Å². The molecule has 1 unspecified atom stereocenters. The van der Waals surface area contributed by atoms with Gasteiger partial charge in [-0.3, -0.25) is 4.99 Å². The van der Waals surface area contributed by atoms with Crippen LogP contribution in [-0.4, -0.2) is 38.7 Å². The Kier molecular flexibility index (Phi) is 7.85. The van der Waals surface area contributed by atoms with Crippen molar-refractivity contribution in [1.29, 1.82) is 0 Å². The molecule has 0 radical (unpaired) electrons. The average Bonchev–Trinajstić information content (AvgIpc) is 2.91. The Hall–Kier alpha value is -0.980. The minimum absolute atomic E-state index is 0. The summed E-state index contributed by atoms with van der Waals surface area (Å²) in [5, 5.41) is 6.71. The Balaban J connectivity index is 0.00000220. The highest BCUT2D eigenvalue weighted by atomic mass is 127. The van der Waals surface area contributed by atoms with Crippen molar-refractivity contribution < 1.29 is 0 Å². The zero-order chi connectivity index (χ0) is 14.4. The molecule has 1 aliphatic rings. The van der Waals surface area contributed by atoms with Gasteiger partial charge in [-0.25, -0.2) is 0 Å². The van der Waals surface area contributed by atoms with E-state index >= 15 is 0 Å². The molecule has 0 spiro atoms. The predicted octanol–water partition coefficient (Wildman–Crippen LogP) is 2.63. The van der Waals surface area contributed by atoms with Gasteiger partial charge in [0.05, 0.1) is 0 Å². The summed E-state index contributed by atoms with van der Waals surface area (Å²) in [6.07, 6.45) is 2.26. The molecule has 1 atom stereocenters. The third kappa shape index (κ3) is 4.76. The number of anilines is 1. The maximum Gasteiger partial charge on any atom is 0.191 e. The monoisotopic (exact) mass is 402 g/mol. The Bertz CT molecular complexity index is 461. The summed E-state index contributed by atoms with van der Waals surface area (Å²) in [5.41, 5.74) is 2.85. The minimum atomic E-state index is 0. The van der Waals surface area contributed by atoms with E-state index < -0.39 is 0 Å². The number of nitrogens with zero attached hydrogens (tertiary/aromatic N) is 2. The first-order valence-electron chi connectivity index (χ1n) is 7.55. The van der Waals surface area contributed by atoms with Crippen molar-refractivity contribution in [3.05, 3.63) is 29.8 Å². The molecule has 0 bridgehead atoms. The van der Waals surface area contributed by atoms with Crippen LogP contribution >= 0.6 is 24.0 Å². The molecule has 0 aromatic heterocycles. The molecule has 118 valence electrons. The molecule has 4 nitrogen and oxygen atoms in total. The molecule has 0 fully saturated rings. The van der Waals surface area contributed by atoms with E-state index in [9.17, 15) is 0 Å². The normalized spacial score (nSPS) is 15.2. The highest BCUT2D eigenvalue weighted by Crippen LogP contribution is 2.28. The van der Waals surface area contributed by atoms with Gasteiger partial charge in [0.15, 0.2) is 5.96 Å². The molecule has 1 aliphatic heterocycles. The Morgan fingerprint density at radius 2 is 2.10 bits per heavy atom. The summed E-state index contributed by atoms with van der Waals surface area (Å²) in [5.74, 6) is 0.895. The van der Waals surface area contributed by atoms with Crippen molar-refractivity contribution in [2.45, 2.75) is 32.7 Å². The third-order valence-electron chi connectivity index (χ3n) is 3.79. The minimum Gasteiger partial charge on any atom is -0.366 e. The largest absolute Gasteiger partial charge is 0.366 e. The van der Waals surface area contributed by atoms with E-state index in [4.69, 9.17) is 0 Å². The molecule has 0 amide bonds. The number of guanidine groups is 1. The molecule has 1 aromatic carbocycles. The van der Waals surface area contributed by atoms with Crippen LogP contribution in [0.1, 0.15) is 25.8 Å². The lowest BCUT2D eigenvalue weighted by atomic mass is 10.2. The fourth-order valence-electron chi connectivity index (χ4n) is 2.64.